The summed E-state index contributed by atoms with van der Waals surface area (Å²) < 4.78 is 0. The lowest BCUT2D eigenvalue weighted by Gasteiger charge is -2.24. The van der Waals surface area contributed by atoms with Crippen molar-refractivity contribution in [2.45, 2.75) is 53.9 Å². The van der Waals surface area contributed by atoms with Crippen molar-refractivity contribution < 1.29 is 19.5 Å². The third-order valence-electron chi connectivity index (χ3n) is 3.57. The molecule has 0 aliphatic rings. The van der Waals surface area contributed by atoms with Gasteiger partial charge in [0.05, 0.1) is 0 Å². The van der Waals surface area contributed by atoms with E-state index < -0.39 is 0 Å². The predicted molar refractivity (Wildman–Crippen MR) is 96.5 cm³/mol. The van der Waals surface area contributed by atoms with E-state index >= 15 is 0 Å². The van der Waals surface area contributed by atoms with Gasteiger partial charge in [0, 0.05) is 45.5 Å². The van der Waals surface area contributed by atoms with E-state index in [0.717, 1.165) is 12.7 Å². The maximum atomic E-state index is 12.2. The second kappa shape index (κ2) is 15.1. The molecule has 1 unspecified atom stereocenters. The summed E-state index contributed by atoms with van der Waals surface area (Å²) in [6.07, 6.45) is 2.28. The maximum Gasteiger partial charge on any atom is 0.226 e. The van der Waals surface area contributed by atoms with E-state index in [0.29, 0.717) is 25.4 Å². The average Bonchev–Trinajstić information content (AvgIpc) is 2.49. The van der Waals surface area contributed by atoms with E-state index in [-0.39, 0.29) is 36.7 Å². The second-order valence-electron chi connectivity index (χ2n) is 6.61. The fourth-order valence-corrected chi connectivity index (χ4v) is 2.01. The van der Waals surface area contributed by atoms with Crippen molar-refractivity contribution in [1.82, 2.24) is 10.2 Å². The molecule has 1 atom stereocenters. The molecule has 0 fully saturated rings. The number of nitrogens with one attached hydrogen (secondary N) is 1. The van der Waals surface area contributed by atoms with Gasteiger partial charge in [-0.25, -0.2) is 0 Å². The van der Waals surface area contributed by atoms with Crippen molar-refractivity contribution in [3.05, 3.63) is 0 Å². The minimum Gasteiger partial charge on any atom is -0.397 e. The van der Waals surface area contributed by atoms with Gasteiger partial charge in [-0.15, -0.1) is 0 Å². The van der Waals surface area contributed by atoms with E-state index in [1.807, 2.05) is 13.8 Å². The van der Waals surface area contributed by atoms with E-state index in [1.54, 1.807) is 18.9 Å². The van der Waals surface area contributed by atoms with Gasteiger partial charge in [-0.3, -0.25) is 9.59 Å². The summed E-state index contributed by atoms with van der Waals surface area (Å²) in [5.41, 5.74) is 0. The number of rotatable bonds is 10. The number of carbonyl (C=O) groups is 3. The molecule has 6 nitrogen and oxygen atoms in total. The number of aliphatic hydroxyl groups excluding tert-OH is 1. The molecule has 0 saturated carbocycles. The van der Waals surface area contributed by atoms with Crippen LogP contribution in [-0.2, 0) is 14.4 Å². The molecule has 0 aromatic carbocycles. The van der Waals surface area contributed by atoms with Crippen LogP contribution in [0.25, 0.3) is 0 Å². The Labute approximate surface area is 147 Å². The third-order valence-corrected chi connectivity index (χ3v) is 3.57. The van der Waals surface area contributed by atoms with Crippen LogP contribution in [0.3, 0.4) is 0 Å². The average molecular weight is 344 g/mol. The lowest BCUT2D eigenvalue weighted by Crippen LogP contribution is -2.38. The standard InChI is InChI=1S/C16H30N2O3.C2H6O/c1-12(2)6-9-17-15(20)7-10-18(5)16(21)14(8-11-19)13(3)4;1-2-3/h11-14H,6-10H2,1-5H3,(H,17,20);3H,2H2,1H3. The number of hydrogen-bond donors (Lipinski definition) is 2. The van der Waals surface area contributed by atoms with E-state index in [1.165, 1.54) is 0 Å². The molecule has 6 heteroatoms. The minimum absolute atomic E-state index is 0.0354. The first kappa shape index (κ1) is 24.8. The first-order chi connectivity index (χ1) is 11.2. The number of aliphatic hydroxyl groups is 1. The summed E-state index contributed by atoms with van der Waals surface area (Å²) >= 11 is 0. The second-order valence-corrected chi connectivity index (χ2v) is 6.61. The zero-order chi connectivity index (χ0) is 19.1. The Hall–Kier alpha value is -1.43. The van der Waals surface area contributed by atoms with E-state index in [9.17, 15) is 14.4 Å². The molecule has 142 valence electrons. The highest BCUT2D eigenvalue weighted by atomic mass is 16.2. The van der Waals surface area contributed by atoms with Crippen LogP contribution in [-0.4, -0.2) is 54.9 Å². The normalized spacial score (nSPS) is 11.5. The molecule has 0 spiro atoms. The number of carbonyl (C=O) groups excluding carboxylic acids is 3. The number of amides is 2. The Morgan fingerprint density at radius 2 is 1.75 bits per heavy atom. The minimum atomic E-state index is -0.295. The highest BCUT2D eigenvalue weighted by molar-refractivity contribution is 5.82. The Morgan fingerprint density at radius 3 is 2.17 bits per heavy atom. The van der Waals surface area contributed by atoms with Gasteiger partial charge in [0.25, 0.3) is 0 Å². The topological polar surface area (TPSA) is 86.7 Å². The Morgan fingerprint density at radius 1 is 1.21 bits per heavy atom. The zero-order valence-corrected chi connectivity index (χ0v) is 16.2. The van der Waals surface area contributed by atoms with Crippen LogP contribution in [0.5, 0.6) is 0 Å². The number of hydrogen-bond acceptors (Lipinski definition) is 4. The number of nitrogens with zero attached hydrogens (tertiary/aromatic N) is 1. The van der Waals surface area contributed by atoms with Crippen LogP contribution in [0, 0.1) is 17.8 Å². The summed E-state index contributed by atoms with van der Waals surface area (Å²) in [6, 6.07) is 0. The molecule has 0 rings (SSSR count). The van der Waals surface area contributed by atoms with Crippen molar-refractivity contribution in [2.24, 2.45) is 17.8 Å². The van der Waals surface area contributed by atoms with Crippen LogP contribution in [0.4, 0.5) is 0 Å². The summed E-state index contributed by atoms with van der Waals surface area (Å²) in [4.78, 5) is 36.1. The largest absolute Gasteiger partial charge is 0.397 e. The van der Waals surface area contributed by atoms with Crippen molar-refractivity contribution in [2.75, 3.05) is 26.7 Å². The van der Waals surface area contributed by atoms with Crippen molar-refractivity contribution in [3.8, 4) is 0 Å². The lowest BCUT2D eigenvalue weighted by molar-refractivity contribution is -0.137. The molecule has 0 heterocycles. The van der Waals surface area contributed by atoms with Gasteiger partial charge >= 0.3 is 0 Å². The van der Waals surface area contributed by atoms with Crippen LogP contribution in [0.2, 0.25) is 0 Å². The molecular formula is C18H36N2O4. The molecule has 0 bridgehead atoms. The molecule has 2 amide bonds. The van der Waals surface area contributed by atoms with Crippen LogP contribution < -0.4 is 5.32 Å². The highest BCUT2D eigenvalue weighted by Gasteiger charge is 2.24. The molecule has 0 aliphatic carbocycles. The molecule has 0 radical (unpaired) electrons. The Kier molecular flexibility index (Phi) is 15.6. The van der Waals surface area contributed by atoms with Crippen LogP contribution in [0.1, 0.15) is 53.9 Å². The van der Waals surface area contributed by atoms with Crippen LogP contribution >= 0.6 is 0 Å². The van der Waals surface area contributed by atoms with Crippen molar-refractivity contribution >= 4 is 18.1 Å². The van der Waals surface area contributed by atoms with Crippen molar-refractivity contribution in [3.63, 3.8) is 0 Å². The van der Waals surface area contributed by atoms with Gasteiger partial charge in [-0.1, -0.05) is 27.7 Å². The molecule has 24 heavy (non-hydrogen) atoms. The summed E-state index contributed by atoms with van der Waals surface area (Å²) in [7, 11) is 1.68. The molecular weight excluding hydrogens is 308 g/mol. The van der Waals surface area contributed by atoms with Crippen LogP contribution in [0.15, 0.2) is 0 Å². The monoisotopic (exact) mass is 344 g/mol. The molecule has 0 saturated heterocycles. The lowest BCUT2D eigenvalue weighted by atomic mass is 9.92. The van der Waals surface area contributed by atoms with Gasteiger partial charge in [-0.2, -0.15) is 0 Å². The van der Waals surface area contributed by atoms with Gasteiger partial charge in [0.15, 0.2) is 0 Å². The van der Waals surface area contributed by atoms with Gasteiger partial charge < -0.3 is 20.1 Å². The SMILES string of the molecule is CC(C)CCNC(=O)CCN(C)C(=O)C(CC=O)C(C)C.CCO. The van der Waals surface area contributed by atoms with Crippen molar-refractivity contribution in [1.29, 1.82) is 0 Å². The summed E-state index contributed by atoms with van der Waals surface area (Å²) in [5.74, 6) is 0.282. The quantitative estimate of drug-likeness (QED) is 0.592. The molecule has 0 aromatic rings. The fraction of sp³-hybridized carbons (Fsp3) is 0.833. The first-order valence-electron chi connectivity index (χ1n) is 8.77. The Balaban J connectivity index is 0. The van der Waals surface area contributed by atoms with Gasteiger partial charge in [-0.05, 0) is 25.2 Å². The molecule has 0 aromatic heterocycles. The van der Waals surface area contributed by atoms with Gasteiger partial charge in [0.2, 0.25) is 11.8 Å². The summed E-state index contributed by atoms with van der Waals surface area (Å²) in [6.45, 7) is 11.1. The van der Waals surface area contributed by atoms with E-state index in [2.05, 4.69) is 19.2 Å². The zero-order valence-electron chi connectivity index (χ0n) is 16.2. The molecule has 2 N–H and O–H groups in total. The van der Waals surface area contributed by atoms with Gasteiger partial charge in [0.1, 0.15) is 6.29 Å². The fourth-order valence-electron chi connectivity index (χ4n) is 2.01. The number of aldehydes is 1. The Bertz CT molecular complexity index is 357. The summed E-state index contributed by atoms with van der Waals surface area (Å²) in [5, 5.41) is 10.4. The highest BCUT2D eigenvalue weighted by Crippen LogP contribution is 2.16. The molecule has 0 aliphatic heterocycles. The first-order valence-corrected chi connectivity index (χ1v) is 8.77. The third kappa shape index (κ3) is 13.0. The maximum absolute atomic E-state index is 12.2. The van der Waals surface area contributed by atoms with E-state index in [4.69, 9.17) is 5.11 Å². The predicted octanol–water partition coefficient (Wildman–Crippen LogP) is 1.86. The smallest absolute Gasteiger partial charge is 0.226 e.